The predicted octanol–water partition coefficient (Wildman–Crippen LogP) is 2.29. The van der Waals surface area contributed by atoms with Gasteiger partial charge in [0.25, 0.3) is 0 Å². The van der Waals surface area contributed by atoms with E-state index in [1.54, 1.807) is 0 Å². The molecule has 2 N–H and O–H groups in total. The summed E-state index contributed by atoms with van der Waals surface area (Å²) in [4.78, 5) is 11.5. The third-order valence-corrected chi connectivity index (χ3v) is 1.99. The quantitative estimate of drug-likeness (QED) is 0.762. The number of nitrogens with one attached hydrogen (secondary N) is 2. The van der Waals surface area contributed by atoms with Gasteiger partial charge in [-0.1, -0.05) is 20.8 Å². The molecule has 4 heteroatoms. The average Bonchev–Trinajstić information content (AvgIpc) is 2.08. The maximum Gasteiger partial charge on any atom is 0.407 e. The van der Waals surface area contributed by atoms with Gasteiger partial charge in [-0.05, 0) is 27.2 Å². The van der Waals surface area contributed by atoms with E-state index in [2.05, 4.69) is 24.5 Å². The fraction of sp³-hybridized carbons (Fsp3) is 0.917. The van der Waals surface area contributed by atoms with Crippen LogP contribution in [0.15, 0.2) is 0 Å². The van der Waals surface area contributed by atoms with Crippen molar-refractivity contribution in [2.24, 2.45) is 0 Å². The summed E-state index contributed by atoms with van der Waals surface area (Å²) in [7, 11) is 0. The number of rotatable bonds is 5. The Morgan fingerprint density at radius 2 is 1.88 bits per heavy atom. The number of carbonyl (C=O) groups is 1. The van der Waals surface area contributed by atoms with Crippen molar-refractivity contribution in [2.45, 2.75) is 65.6 Å². The molecule has 0 aliphatic rings. The van der Waals surface area contributed by atoms with E-state index in [9.17, 15) is 4.79 Å². The van der Waals surface area contributed by atoms with E-state index < -0.39 is 5.60 Å². The molecule has 0 bridgehead atoms. The van der Waals surface area contributed by atoms with E-state index >= 15 is 0 Å². The summed E-state index contributed by atoms with van der Waals surface area (Å²) >= 11 is 0. The maximum atomic E-state index is 11.5. The third-order valence-electron chi connectivity index (χ3n) is 1.99. The van der Waals surface area contributed by atoms with E-state index in [4.69, 9.17) is 4.74 Å². The highest BCUT2D eigenvalue weighted by molar-refractivity contribution is 5.68. The molecule has 0 aliphatic carbocycles. The molecule has 1 atom stereocenters. The van der Waals surface area contributed by atoms with Crippen molar-refractivity contribution in [3.63, 3.8) is 0 Å². The Morgan fingerprint density at radius 1 is 1.31 bits per heavy atom. The molecule has 0 unspecified atom stereocenters. The van der Waals surface area contributed by atoms with Crippen LogP contribution in [0.3, 0.4) is 0 Å². The van der Waals surface area contributed by atoms with Crippen molar-refractivity contribution >= 4 is 6.09 Å². The summed E-state index contributed by atoms with van der Waals surface area (Å²) in [5.74, 6) is 0. The van der Waals surface area contributed by atoms with Crippen LogP contribution < -0.4 is 10.6 Å². The lowest BCUT2D eigenvalue weighted by Crippen LogP contribution is -2.45. The number of amides is 1. The van der Waals surface area contributed by atoms with Gasteiger partial charge in [-0.2, -0.15) is 0 Å². The summed E-state index contributed by atoms with van der Waals surface area (Å²) in [6.45, 7) is 12.6. The van der Waals surface area contributed by atoms with Crippen molar-refractivity contribution < 1.29 is 9.53 Å². The highest BCUT2D eigenvalue weighted by Crippen LogP contribution is 2.07. The summed E-state index contributed by atoms with van der Waals surface area (Å²) in [6.07, 6.45) is 0.545. The van der Waals surface area contributed by atoms with Crippen LogP contribution in [0.1, 0.15) is 48.0 Å². The second-order valence-electron chi connectivity index (χ2n) is 5.31. The standard InChI is InChI=1S/C12H26N2O2/c1-7-10(8-13-9(2)3)14-11(15)16-12(4,5)6/h9-10,13H,7-8H2,1-6H3,(H,14,15)/t10-/m0/s1. The molecule has 0 fully saturated rings. The molecule has 0 radical (unpaired) electrons. The first-order valence-corrected chi connectivity index (χ1v) is 5.97. The Hall–Kier alpha value is -0.770. The summed E-state index contributed by atoms with van der Waals surface area (Å²) in [5.41, 5.74) is -0.437. The second kappa shape index (κ2) is 6.74. The number of ether oxygens (including phenoxy) is 1. The summed E-state index contributed by atoms with van der Waals surface area (Å²) in [6, 6.07) is 0.548. The molecule has 0 rings (SSSR count). The predicted molar refractivity (Wildman–Crippen MR) is 66.6 cm³/mol. The highest BCUT2D eigenvalue weighted by Gasteiger charge is 2.18. The molecular weight excluding hydrogens is 204 g/mol. The zero-order valence-electron chi connectivity index (χ0n) is 11.4. The first-order valence-electron chi connectivity index (χ1n) is 5.97. The lowest BCUT2D eigenvalue weighted by molar-refractivity contribution is 0.0502. The van der Waals surface area contributed by atoms with E-state index in [0.717, 1.165) is 13.0 Å². The van der Waals surface area contributed by atoms with Gasteiger partial charge in [0.1, 0.15) is 5.60 Å². The maximum absolute atomic E-state index is 11.5. The summed E-state index contributed by atoms with van der Waals surface area (Å²) < 4.78 is 5.20. The van der Waals surface area contributed by atoms with Crippen LogP contribution in [-0.2, 0) is 4.74 Å². The molecule has 4 nitrogen and oxygen atoms in total. The highest BCUT2D eigenvalue weighted by atomic mass is 16.6. The molecule has 0 spiro atoms. The minimum absolute atomic E-state index is 0.122. The van der Waals surface area contributed by atoms with Gasteiger partial charge < -0.3 is 15.4 Å². The van der Waals surface area contributed by atoms with Crippen LogP contribution in [0.4, 0.5) is 4.79 Å². The van der Waals surface area contributed by atoms with E-state index in [-0.39, 0.29) is 12.1 Å². The Labute approximate surface area is 99.1 Å². The Kier molecular flexibility index (Phi) is 6.41. The number of hydrogen-bond acceptors (Lipinski definition) is 3. The molecule has 96 valence electrons. The van der Waals surface area contributed by atoms with Crippen molar-refractivity contribution in [3.05, 3.63) is 0 Å². The first kappa shape index (κ1) is 15.2. The van der Waals surface area contributed by atoms with Crippen molar-refractivity contribution in [3.8, 4) is 0 Å². The van der Waals surface area contributed by atoms with Crippen LogP contribution in [0, 0.1) is 0 Å². The minimum Gasteiger partial charge on any atom is -0.444 e. The first-order chi connectivity index (χ1) is 7.24. The van der Waals surface area contributed by atoms with E-state index in [1.165, 1.54) is 0 Å². The number of alkyl carbamates (subject to hydrolysis) is 1. The van der Waals surface area contributed by atoms with E-state index in [0.29, 0.717) is 6.04 Å². The monoisotopic (exact) mass is 230 g/mol. The van der Waals surface area contributed by atoms with Gasteiger partial charge in [0, 0.05) is 18.6 Å². The minimum atomic E-state index is -0.437. The molecule has 0 aromatic rings. The molecule has 0 saturated heterocycles. The molecule has 1 amide bonds. The molecular formula is C12H26N2O2. The van der Waals surface area contributed by atoms with Crippen molar-refractivity contribution in [2.75, 3.05) is 6.54 Å². The normalized spacial score (nSPS) is 13.7. The fourth-order valence-corrected chi connectivity index (χ4v) is 1.15. The van der Waals surface area contributed by atoms with Crippen LogP contribution >= 0.6 is 0 Å². The Morgan fingerprint density at radius 3 is 2.25 bits per heavy atom. The van der Waals surface area contributed by atoms with Gasteiger partial charge in [0.2, 0.25) is 0 Å². The average molecular weight is 230 g/mol. The van der Waals surface area contributed by atoms with Gasteiger partial charge in [-0.15, -0.1) is 0 Å². The summed E-state index contributed by atoms with van der Waals surface area (Å²) in [5, 5.41) is 6.15. The molecule has 0 saturated carbocycles. The van der Waals surface area contributed by atoms with Gasteiger partial charge in [-0.3, -0.25) is 0 Å². The lowest BCUT2D eigenvalue weighted by Gasteiger charge is -2.23. The van der Waals surface area contributed by atoms with E-state index in [1.807, 2.05) is 27.7 Å². The molecule has 0 aromatic carbocycles. The fourth-order valence-electron chi connectivity index (χ4n) is 1.15. The van der Waals surface area contributed by atoms with Gasteiger partial charge in [0.15, 0.2) is 0 Å². The van der Waals surface area contributed by atoms with Crippen molar-refractivity contribution in [1.29, 1.82) is 0 Å². The number of hydrogen-bond donors (Lipinski definition) is 2. The zero-order valence-corrected chi connectivity index (χ0v) is 11.4. The SMILES string of the molecule is CC[C@@H](CNC(C)C)NC(=O)OC(C)(C)C. The molecule has 16 heavy (non-hydrogen) atoms. The molecule has 0 heterocycles. The van der Waals surface area contributed by atoms with Crippen LogP contribution in [-0.4, -0.2) is 30.3 Å². The van der Waals surface area contributed by atoms with Crippen molar-refractivity contribution in [1.82, 2.24) is 10.6 Å². The third kappa shape index (κ3) is 8.53. The number of carbonyl (C=O) groups excluding carboxylic acids is 1. The lowest BCUT2D eigenvalue weighted by atomic mass is 10.2. The molecule has 0 aromatic heterocycles. The molecule has 0 aliphatic heterocycles. The Bertz CT molecular complexity index is 210. The van der Waals surface area contributed by atoms with Crippen LogP contribution in [0.5, 0.6) is 0 Å². The Balaban J connectivity index is 3.97. The largest absolute Gasteiger partial charge is 0.444 e. The smallest absolute Gasteiger partial charge is 0.407 e. The van der Waals surface area contributed by atoms with Gasteiger partial charge >= 0.3 is 6.09 Å². The van der Waals surface area contributed by atoms with Gasteiger partial charge in [0.05, 0.1) is 0 Å². The van der Waals surface area contributed by atoms with Crippen LogP contribution in [0.2, 0.25) is 0 Å². The van der Waals surface area contributed by atoms with Gasteiger partial charge in [-0.25, -0.2) is 4.79 Å². The second-order valence-corrected chi connectivity index (χ2v) is 5.31. The zero-order chi connectivity index (χ0) is 12.8. The topological polar surface area (TPSA) is 50.4 Å². The van der Waals surface area contributed by atoms with Crippen LogP contribution in [0.25, 0.3) is 0 Å².